The maximum absolute atomic E-state index is 12.7. The van der Waals surface area contributed by atoms with Gasteiger partial charge in [0.05, 0.1) is 12.1 Å². The first-order chi connectivity index (χ1) is 17.2. The monoisotopic (exact) mass is 478 g/mol. The van der Waals surface area contributed by atoms with Crippen LogP contribution in [0.15, 0.2) is 49.1 Å². The third-order valence-corrected chi connectivity index (χ3v) is 7.43. The van der Waals surface area contributed by atoms with Gasteiger partial charge in [-0.05, 0) is 60.8 Å². The van der Waals surface area contributed by atoms with Crippen LogP contribution in [-0.2, 0) is 14.3 Å². The molecule has 2 aromatic rings. The Morgan fingerprint density at radius 2 is 1.17 bits per heavy atom. The molecule has 2 saturated carbocycles. The van der Waals surface area contributed by atoms with E-state index in [2.05, 4.69) is 20.6 Å². The molecule has 2 atom stereocenters. The molecule has 2 fully saturated rings. The molecule has 2 aliphatic carbocycles. The van der Waals surface area contributed by atoms with E-state index in [-0.39, 0.29) is 37.1 Å². The molecule has 0 radical (unpaired) electrons. The lowest BCUT2D eigenvalue weighted by Gasteiger charge is -2.31. The van der Waals surface area contributed by atoms with E-state index in [1.807, 2.05) is 36.7 Å². The van der Waals surface area contributed by atoms with E-state index in [1.165, 1.54) is 38.5 Å². The fraction of sp³-hybridized carbons (Fsp3) is 0.571. The summed E-state index contributed by atoms with van der Waals surface area (Å²) in [5.41, 5.74) is 2.05. The summed E-state index contributed by atoms with van der Waals surface area (Å²) in [6.45, 7) is -0.282. The normalized spacial score (nSPS) is 19.0. The SMILES string of the molecule is O=C(COCC(=O)NC(c1cccnc1)C1CCCCC1)NC(c1cccnc1)C1CCCCC1. The van der Waals surface area contributed by atoms with Crippen LogP contribution in [0.2, 0.25) is 0 Å². The standard InChI is InChI=1S/C28H38N4O3/c33-25(31-27(21-9-3-1-4-10-21)23-13-7-15-29-17-23)19-35-20-26(34)32-28(22-11-5-2-6-12-22)24-14-8-16-30-18-24/h7-8,13-18,21-22,27-28H,1-6,9-12,19-20H2,(H,31,33)(H,32,34). The second-order valence-electron chi connectivity index (χ2n) is 9.95. The van der Waals surface area contributed by atoms with E-state index in [1.54, 1.807) is 12.4 Å². The topological polar surface area (TPSA) is 93.2 Å². The first kappa shape index (κ1) is 25.3. The number of hydrogen-bond donors (Lipinski definition) is 2. The Hall–Kier alpha value is -2.80. The van der Waals surface area contributed by atoms with Gasteiger partial charge in [0.25, 0.3) is 0 Å². The zero-order chi connectivity index (χ0) is 24.3. The molecule has 2 heterocycles. The van der Waals surface area contributed by atoms with Gasteiger partial charge in [-0.2, -0.15) is 0 Å². The van der Waals surface area contributed by atoms with E-state index < -0.39 is 0 Å². The van der Waals surface area contributed by atoms with Crippen LogP contribution in [0, 0.1) is 11.8 Å². The molecular weight excluding hydrogens is 440 g/mol. The van der Waals surface area contributed by atoms with E-state index >= 15 is 0 Å². The average molecular weight is 479 g/mol. The van der Waals surface area contributed by atoms with Crippen molar-refractivity contribution in [1.82, 2.24) is 20.6 Å². The van der Waals surface area contributed by atoms with Crippen LogP contribution < -0.4 is 10.6 Å². The fourth-order valence-corrected chi connectivity index (χ4v) is 5.67. The summed E-state index contributed by atoms with van der Waals surface area (Å²) >= 11 is 0. The molecule has 2 unspecified atom stereocenters. The summed E-state index contributed by atoms with van der Waals surface area (Å²) in [6, 6.07) is 7.70. The van der Waals surface area contributed by atoms with E-state index in [0.29, 0.717) is 11.8 Å². The van der Waals surface area contributed by atoms with Crippen LogP contribution in [0.5, 0.6) is 0 Å². The number of ether oxygens (including phenoxy) is 1. The quantitative estimate of drug-likeness (QED) is 0.518. The summed E-state index contributed by atoms with van der Waals surface area (Å²) in [5, 5.41) is 6.30. The number of rotatable bonds is 10. The van der Waals surface area contributed by atoms with Crippen molar-refractivity contribution < 1.29 is 14.3 Å². The van der Waals surface area contributed by atoms with Crippen molar-refractivity contribution in [2.24, 2.45) is 11.8 Å². The average Bonchev–Trinajstić information content (AvgIpc) is 2.92. The first-order valence-corrected chi connectivity index (χ1v) is 13.2. The number of hydrogen-bond acceptors (Lipinski definition) is 5. The Bertz CT molecular complexity index is 837. The second kappa shape index (κ2) is 13.3. The molecule has 0 aliphatic heterocycles. The Balaban J connectivity index is 1.29. The third kappa shape index (κ3) is 7.59. The Morgan fingerprint density at radius 3 is 1.54 bits per heavy atom. The second-order valence-corrected chi connectivity index (χ2v) is 9.95. The third-order valence-electron chi connectivity index (χ3n) is 7.43. The highest BCUT2D eigenvalue weighted by Crippen LogP contribution is 2.35. The zero-order valence-corrected chi connectivity index (χ0v) is 20.5. The van der Waals surface area contributed by atoms with Gasteiger partial charge in [-0.25, -0.2) is 0 Å². The molecule has 7 nitrogen and oxygen atoms in total. The molecule has 0 spiro atoms. The fourth-order valence-electron chi connectivity index (χ4n) is 5.67. The van der Waals surface area contributed by atoms with Gasteiger partial charge in [-0.15, -0.1) is 0 Å². The molecule has 7 heteroatoms. The number of carbonyl (C=O) groups excluding carboxylic acids is 2. The summed E-state index contributed by atoms with van der Waals surface area (Å²) in [6.07, 6.45) is 18.8. The highest BCUT2D eigenvalue weighted by atomic mass is 16.5. The van der Waals surface area contributed by atoms with Gasteiger partial charge in [0, 0.05) is 24.8 Å². The van der Waals surface area contributed by atoms with E-state index in [0.717, 1.165) is 36.8 Å². The summed E-state index contributed by atoms with van der Waals surface area (Å²) in [5.74, 6) is 0.397. The molecule has 0 bridgehead atoms. The molecule has 35 heavy (non-hydrogen) atoms. The van der Waals surface area contributed by atoms with Crippen LogP contribution in [0.25, 0.3) is 0 Å². The number of carbonyl (C=O) groups is 2. The molecule has 2 aliphatic rings. The van der Waals surface area contributed by atoms with Crippen LogP contribution in [-0.4, -0.2) is 35.0 Å². The number of aromatic nitrogens is 2. The Morgan fingerprint density at radius 1 is 0.743 bits per heavy atom. The summed E-state index contributed by atoms with van der Waals surface area (Å²) < 4.78 is 5.55. The predicted octanol–water partition coefficient (Wildman–Crippen LogP) is 4.67. The van der Waals surface area contributed by atoms with Crippen molar-refractivity contribution in [3.8, 4) is 0 Å². The number of pyridine rings is 2. The van der Waals surface area contributed by atoms with Gasteiger partial charge in [0.15, 0.2) is 0 Å². The van der Waals surface area contributed by atoms with Crippen molar-refractivity contribution in [2.75, 3.05) is 13.2 Å². The largest absolute Gasteiger partial charge is 0.362 e. The number of amides is 2. The first-order valence-electron chi connectivity index (χ1n) is 13.2. The molecule has 2 amide bonds. The van der Waals surface area contributed by atoms with Crippen LogP contribution in [0.3, 0.4) is 0 Å². The van der Waals surface area contributed by atoms with E-state index in [9.17, 15) is 9.59 Å². The van der Waals surface area contributed by atoms with Gasteiger partial charge in [0.2, 0.25) is 11.8 Å². The van der Waals surface area contributed by atoms with Crippen molar-refractivity contribution in [3.05, 3.63) is 60.2 Å². The van der Waals surface area contributed by atoms with Crippen molar-refractivity contribution >= 4 is 11.8 Å². The van der Waals surface area contributed by atoms with Gasteiger partial charge >= 0.3 is 0 Å². The Labute approximate surface area is 208 Å². The van der Waals surface area contributed by atoms with Crippen LogP contribution >= 0.6 is 0 Å². The number of nitrogens with one attached hydrogen (secondary N) is 2. The Kier molecular flexibility index (Phi) is 9.64. The predicted molar refractivity (Wildman–Crippen MR) is 134 cm³/mol. The van der Waals surface area contributed by atoms with Crippen molar-refractivity contribution in [3.63, 3.8) is 0 Å². The molecule has 2 N–H and O–H groups in total. The highest BCUT2D eigenvalue weighted by molar-refractivity contribution is 5.80. The van der Waals surface area contributed by atoms with Crippen molar-refractivity contribution in [2.45, 2.75) is 76.3 Å². The summed E-state index contributed by atoms with van der Waals surface area (Å²) in [7, 11) is 0. The lowest BCUT2D eigenvalue weighted by atomic mass is 9.81. The molecule has 0 aromatic carbocycles. The lowest BCUT2D eigenvalue weighted by Crippen LogP contribution is -2.39. The smallest absolute Gasteiger partial charge is 0.246 e. The van der Waals surface area contributed by atoms with Crippen molar-refractivity contribution in [1.29, 1.82) is 0 Å². The molecule has 0 saturated heterocycles. The van der Waals surface area contributed by atoms with Gasteiger partial charge in [-0.1, -0.05) is 50.7 Å². The lowest BCUT2D eigenvalue weighted by molar-refractivity contribution is -0.132. The van der Waals surface area contributed by atoms with Crippen LogP contribution in [0.1, 0.15) is 87.4 Å². The van der Waals surface area contributed by atoms with Gasteiger partial charge in [-0.3, -0.25) is 19.6 Å². The maximum Gasteiger partial charge on any atom is 0.246 e. The molecule has 2 aromatic heterocycles. The molecule has 188 valence electrons. The van der Waals surface area contributed by atoms with Gasteiger partial charge < -0.3 is 15.4 Å². The minimum absolute atomic E-state index is 0.0739. The highest BCUT2D eigenvalue weighted by Gasteiger charge is 2.28. The molecular formula is C28H38N4O3. The minimum Gasteiger partial charge on any atom is -0.362 e. The maximum atomic E-state index is 12.7. The number of nitrogens with zero attached hydrogens (tertiary/aromatic N) is 2. The van der Waals surface area contributed by atoms with Crippen LogP contribution in [0.4, 0.5) is 0 Å². The minimum atomic E-state index is -0.201. The van der Waals surface area contributed by atoms with E-state index in [4.69, 9.17) is 4.74 Å². The summed E-state index contributed by atoms with van der Waals surface area (Å²) in [4.78, 5) is 34.0. The zero-order valence-electron chi connectivity index (χ0n) is 20.5. The molecule has 4 rings (SSSR count). The van der Waals surface area contributed by atoms with Gasteiger partial charge in [0.1, 0.15) is 13.2 Å².